The minimum atomic E-state index is -0.729. The van der Waals surface area contributed by atoms with E-state index in [1.807, 2.05) is 24.3 Å². The molecule has 180 valence electrons. The Morgan fingerprint density at radius 3 is 2.43 bits per heavy atom. The van der Waals surface area contributed by atoms with Crippen molar-refractivity contribution in [3.8, 4) is 11.5 Å². The number of carbonyl (C=O) groups is 1. The Bertz CT molecular complexity index is 1340. The molecule has 0 spiro atoms. The molecule has 1 fully saturated rings. The number of amides is 2. The van der Waals surface area contributed by atoms with E-state index in [9.17, 15) is 18.0 Å². The number of aromatic amines is 1. The van der Waals surface area contributed by atoms with E-state index in [4.69, 9.17) is 4.74 Å². The third-order valence-corrected chi connectivity index (χ3v) is 5.75. The predicted molar refractivity (Wildman–Crippen MR) is 124 cm³/mol. The minimum absolute atomic E-state index is 0.102. The second-order valence-electron chi connectivity index (χ2n) is 7.98. The van der Waals surface area contributed by atoms with Crippen LogP contribution in [0, 0.1) is 11.6 Å². The van der Waals surface area contributed by atoms with Crippen LogP contribution in [-0.2, 0) is 6.67 Å². The van der Waals surface area contributed by atoms with Gasteiger partial charge in [0.2, 0.25) is 0 Å². The number of anilines is 2. The Morgan fingerprint density at radius 2 is 1.74 bits per heavy atom. The van der Waals surface area contributed by atoms with Gasteiger partial charge >= 0.3 is 6.03 Å². The van der Waals surface area contributed by atoms with Crippen molar-refractivity contribution in [2.24, 2.45) is 0 Å². The first-order chi connectivity index (χ1) is 17.0. The number of halogens is 3. The summed E-state index contributed by atoms with van der Waals surface area (Å²) in [5, 5.41) is 3.02. The van der Waals surface area contributed by atoms with E-state index in [-0.39, 0.29) is 22.8 Å². The van der Waals surface area contributed by atoms with Crippen LogP contribution in [0.4, 0.5) is 29.3 Å². The minimum Gasteiger partial charge on any atom is -0.454 e. The van der Waals surface area contributed by atoms with Gasteiger partial charge in [-0.25, -0.2) is 27.9 Å². The van der Waals surface area contributed by atoms with Crippen molar-refractivity contribution < 1.29 is 22.7 Å². The normalized spacial score (nSPS) is 13.8. The van der Waals surface area contributed by atoms with E-state index in [0.717, 1.165) is 11.8 Å². The molecule has 35 heavy (non-hydrogen) atoms. The van der Waals surface area contributed by atoms with Gasteiger partial charge < -0.3 is 24.8 Å². The third-order valence-electron chi connectivity index (χ3n) is 5.75. The SMILES string of the molecule is O=C(Nc1c[nH]c2c(F)cc(F)cc12)N1CCN(c2ccc(Oc3cnc(CF)nc3)cc2)CC1. The maximum absolute atomic E-state index is 13.9. The van der Waals surface area contributed by atoms with Gasteiger partial charge in [0.1, 0.15) is 24.1 Å². The molecule has 0 unspecified atom stereocenters. The number of fused-ring (bicyclic) bond motifs is 1. The summed E-state index contributed by atoms with van der Waals surface area (Å²) in [5.74, 6) is -0.318. The number of nitrogens with zero attached hydrogens (tertiary/aromatic N) is 4. The number of ether oxygens (including phenoxy) is 1. The smallest absolute Gasteiger partial charge is 0.322 e. The van der Waals surface area contributed by atoms with Crippen molar-refractivity contribution in [1.82, 2.24) is 19.9 Å². The first-order valence-electron chi connectivity index (χ1n) is 10.9. The summed E-state index contributed by atoms with van der Waals surface area (Å²) in [4.78, 5) is 27.0. The Balaban J connectivity index is 1.17. The number of alkyl halides is 1. The highest BCUT2D eigenvalue weighted by atomic mass is 19.1. The van der Waals surface area contributed by atoms with Crippen LogP contribution in [0.25, 0.3) is 10.9 Å². The van der Waals surface area contributed by atoms with Crippen LogP contribution in [0.15, 0.2) is 55.0 Å². The van der Waals surface area contributed by atoms with Crippen molar-refractivity contribution in [3.05, 3.63) is 72.4 Å². The van der Waals surface area contributed by atoms with E-state index >= 15 is 0 Å². The maximum atomic E-state index is 13.9. The molecule has 5 rings (SSSR count). The summed E-state index contributed by atoms with van der Waals surface area (Å²) < 4.78 is 45.7. The Kier molecular flexibility index (Phi) is 6.13. The first-order valence-corrected chi connectivity index (χ1v) is 10.9. The number of benzene rings is 2. The highest BCUT2D eigenvalue weighted by Gasteiger charge is 2.22. The number of hydrogen-bond donors (Lipinski definition) is 2. The molecule has 2 N–H and O–H groups in total. The number of piperazine rings is 1. The topological polar surface area (TPSA) is 86.4 Å². The second-order valence-corrected chi connectivity index (χ2v) is 7.98. The fourth-order valence-electron chi connectivity index (χ4n) is 3.95. The zero-order valence-electron chi connectivity index (χ0n) is 18.5. The zero-order chi connectivity index (χ0) is 24.4. The lowest BCUT2D eigenvalue weighted by Gasteiger charge is -2.36. The number of hydrogen-bond acceptors (Lipinski definition) is 5. The molecular weight excluding hydrogens is 461 g/mol. The zero-order valence-corrected chi connectivity index (χ0v) is 18.5. The number of nitrogens with one attached hydrogen (secondary N) is 2. The number of rotatable bonds is 5. The van der Waals surface area contributed by atoms with E-state index in [2.05, 4.69) is 25.2 Å². The molecule has 11 heteroatoms. The lowest BCUT2D eigenvalue weighted by Crippen LogP contribution is -2.50. The van der Waals surface area contributed by atoms with Gasteiger partial charge in [0, 0.05) is 49.5 Å². The molecule has 0 bridgehead atoms. The van der Waals surface area contributed by atoms with Crippen LogP contribution in [0.2, 0.25) is 0 Å². The van der Waals surface area contributed by atoms with Gasteiger partial charge in [-0.15, -0.1) is 0 Å². The largest absolute Gasteiger partial charge is 0.454 e. The van der Waals surface area contributed by atoms with E-state index in [0.29, 0.717) is 43.4 Å². The molecule has 1 saturated heterocycles. The molecule has 4 aromatic rings. The number of carbonyl (C=O) groups excluding carboxylic acids is 1. The van der Waals surface area contributed by atoms with Crippen LogP contribution in [-0.4, -0.2) is 52.1 Å². The molecule has 8 nitrogen and oxygen atoms in total. The predicted octanol–water partition coefficient (Wildman–Crippen LogP) is 4.85. The summed E-state index contributed by atoms with van der Waals surface area (Å²) >= 11 is 0. The first kappa shape index (κ1) is 22.5. The molecule has 0 aliphatic carbocycles. The van der Waals surface area contributed by atoms with Crippen molar-refractivity contribution in [2.75, 3.05) is 36.4 Å². The molecule has 2 aromatic heterocycles. The molecule has 0 atom stereocenters. The van der Waals surface area contributed by atoms with E-state index in [1.165, 1.54) is 24.7 Å². The lowest BCUT2D eigenvalue weighted by atomic mass is 10.2. The van der Waals surface area contributed by atoms with Crippen LogP contribution >= 0.6 is 0 Å². The Morgan fingerprint density at radius 1 is 1.03 bits per heavy atom. The average molecular weight is 482 g/mol. The van der Waals surface area contributed by atoms with Crippen LogP contribution in [0.5, 0.6) is 11.5 Å². The highest BCUT2D eigenvalue weighted by Crippen LogP contribution is 2.27. The number of urea groups is 1. The monoisotopic (exact) mass is 482 g/mol. The van der Waals surface area contributed by atoms with Gasteiger partial charge in [0.15, 0.2) is 11.6 Å². The number of H-pyrrole nitrogens is 1. The second kappa shape index (κ2) is 9.53. The van der Waals surface area contributed by atoms with Crippen molar-refractivity contribution in [3.63, 3.8) is 0 Å². The molecule has 2 amide bonds. The summed E-state index contributed by atoms with van der Waals surface area (Å²) in [6.45, 7) is 1.46. The van der Waals surface area contributed by atoms with E-state index in [1.54, 1.807) is 4.90 Å². The highest BCUT2D eigenvalue weighted by molar-refractivity contribution is 6.01. The van der Waals surface area contributed by atoms with E-state index < -0.39 is 18.3 Å². The van der Waals surface area contributed by atoms with Crippen LogP contribution in [0.1, 0.15) is 5.82 Å². The number of aromatic nitrogens is 3. The summed E-state index contributed by atoms with van der Waals surface area (Å²) in [5.41, 5.74) is 1.44. The van der Waals surface area contributed by atoms with Gasteiger partial charge in [-0.1, -0.05) is 0 Å². The van der Waals surface area contributed by atoms with Crippen molar-refractivity contribution >= 4 is 28.3 Å². The fraction of sp³-hybridized carbons (Fsp3) is 0.208. The summed E-state index contributed by atoms with van der Waals surface area (Å²) in [6.07, 6.45) is 4.29. The lowest BCUT2D eigenvalue weighted by molar-refractivity contribution is 0.208. The van der Waals surface area contributed by atoms with Crippen LogP contribution < -0.4 is 15.0 Å². The molecule has 0 radical (unpaired) electrons. The average Bonchev–Trinajstić information content (AvgIpc) is 3.27. The summed E-state index contributed by atoms with van der Waals surface area (Å²) in [7, 11) is 0. The molecule has 2 aromatic carbocycles. The molecule has 3 heterocycles. The van der Waals surface area contributed by atoms with Gasteiger partial charge in [-0.2, -0.15) is 0 Å². The van der Waals surface area contributed by atoms with Crippen LogP contribution in [0.3, 0.4) is 0 Å². The Hall–Kier alpha value is -4.28. The quantitative estimate of drug-likeness (QED) is 0.425. The van der Waals surface area contributed by atoms with Gasteiger partial charge in [0.25, 0.3) is 0 Å². The molecule has 1 aliphatic rings. The molecule has 0 saturated carbocycles. The van der Waals surface area contributed by atoms with Gasteiger partial charge in [-0.05, 0) is 30.3 Å². The standard InChI is InChI=1S/C24H21F3N6O2/c25-11-22-28-12-18(13-29-22)35-17-3-1-16(2-4-17)32-5-7-33(8-6-32)24(34)31-21-14-30-23-19(21)9-15(26)10-20(23)27/h1-4,9-10,12-14,30H,5-8,11H2,(H,31,34). The molecular formula is C24H21F3N6O2. The summed E-state index contributed by atoms with van der Waals surface area (Å²) in [6, 6.07) is 9.09. The third kappa shape index (κ3) is 4.84. The fourth-order valence-corrected chi connectivity index (χ4v) is 3.95. The van der Waals surface area contributed by atoms with Gasteiger partial charge in [-0.3, -0.25) is 0 Å². The van der Waals surface area contributed by atoms with Crippen molar-refractivity contribution in [1.29, 1.82) is 0 Å². The molecule has 1 aliphatic heterocycles. The van der Waals surface area contributed by atoms with Gasteiger partial charge in [0.05, 0.1) is 23.6 Å². The van der Waals surface area contributed by atoms with Crippen molar-refractivity contribution in [2.45, 2.75) is 6.67 Å². The maximum Gasteiger partial charge on any atom is 0.322 e. The Labute approximate surface area is 198 Å².